The highest BCUT2D eigenvalue weighted by Gasteiger charge is 2.31. The first-order valence-electron chi connectivity index (χ1n) is 12.6. The second-order valence-electron chi connectivity index (χ2n) is 9.29. The van der Waals surface area contributed by atoms with E-state index >= 15 is 0 Å². The first-order valence-corrected chi connectivity index (χ1v) is 12.6. The molecule has 0 N–H and O–H groups in total. The van der Waals surface area contributed by atoms with Gasteiger partial charge in [-0.25, -0.2) is 4.98 Å². The molecule has 1 aliphatic rings. The molecule has 1 unspecified atom stereocenters. The lowest BCUT2D eigenvalue weighted by Gasteiger charge is -2.30. The minimum Gasteiger partial charge on any atom is -0.466 e. The smallest absolute Gasteiger partial charge is 0.416 e. The van der Waals surface area contributed by atoms with Crippen LogP contribution in [0.2, 0.25) is 0 Å². The Morgan fingerprint density at radius 1 is 1.05 bits per heavy atom. The van der Waals surface area contributed by atoms with E-state index in [9.17, 15) is 22.8 Å². The lowest BCUT2D eigenvalue weighted by Crippen LogP contribution is -2.43. The van der Waals surface area contributed by atoms with Crippen molar-refractivity contribution in [2.45, 2.75) is 45.6 Å². The molecule has 10 heteroatoms. The molecular weight excluding hydrogens is 499 g/mol. The Hall–Kier alpha value is -3.66. The number of hydrogen-bond donors (Lipinski definition) is 0. The molecule has 38 heavy (non-hydrogen) atoms. The summed E-state index contributed by atoms with van der Waals surface area (Å²) in [6, 6.07) is 14.7. The lowest BCUT2D eigenvalue weighted by molar-refractivity contribution is -0.149. The zero-order valence-electron chi connectivity index (χ0n) is 21.1. The molecule has 4 rings (SSSR count). The quantitative estimate of drug-likeness (QED) is 0.350. The van der Waals surface area contributed by atoms with E-state index in [2.05, 4.69) is 4.98 Å². The van der Waals surface area contributed by atoms with E-state index in [1.165, 1.54) is 18.4 Å². The highest BCUT2D eigenvalue weighted by Crippen LogP contribution is 2.29. The maximum Gasteiger partial charge on any atom is 0.416 e. The third kappa shape index (κ3) is 7.22. The van der Waals surface area contributed by atoms with Gasteiger partial charge in [-0.15, -0.1) is 0 Å². The molecule has 2 heterocycles. The van der Waals surface area contributed by atoms with Crippen LogP contribution >= 0.6 is 0 Å². The molecule has 0 saturated carbocycles. The van der Waals surface area contributed by atoms with Gasteiger partial charge in [0.15, 0.2) is 5.69 Å². The van der Waals surface area contributed by atoms with Crippen LogP contribution in [-0.2, 0) is 35.3 Å². The molecule has 0 bridgehead atoms. The van der Waals surface area contributed by atoms with Gasteiger partial charge in [0, 0.05) is 26.2 Å². The number of amides is 1. The minimum atomic E-state index is -4.39. The number of aromatic nitrogens is 1. The van der Waals surface area contributed by atoms with Gasteiger partial charge in [-0.3, -0.25) is 14.5 Å². The number of rotatable bonds is 9. The molecule has 1 fully saturated rings. The summed E-state index contributed by atoms with van der Waals surface area (Å²) in [7, 11) is 0. The maximum absolute atomic E-state index is 13.1. The number of esters is 1. The number of likely N-dealkylation sites (tertiary alicyclic amines) is 1. The number of hydrogen-bond acceptors (Lipinski definition) is 6. The largest absolute Gasteiger partial charge is 0.466 e. The van der Waals surface area contributed by atoms with E-state index < -0.39 is 11.7 Å². The van der Waals surface area contributed by atoms with Crippen LogP contribution in [-0.4, -0.2) is 46.4 Å². The number of carbonyl (C=O) groups is 2. The Kier molecular flexibility index (Phi) is 8.83. The van der Waals surface area contributed by atoms with E-state index in [0.717, 1.165) is 17.7 Å². The van der Waals surface area contributed by atoms with Gasteiger partial charge in [0.1, 0.15) is 6.26 Å². The summed E-state index contributed by atoms with van der Waals surface area (Å²) in [5.74, 6) is -0.656. The summed E-state index contributed by atoms with van der Waals surface area (Å²) in [6.07, 6.45) is -1.72. The Bertz CT molecular complexity index is 1210. The summed E-state index contributed by atoms with van der Waals surface area (Å²) in [4.78, 5) is 33.2. The fourth-order valence-corrected chi connectivity index (χ4v) is 4.52. The molecule has 1 atom stereocenters. The molecular formula is C28H30F3N3O4. The highest BCUT2D eigenvalue weighted by molar-refractivity contribution is 5.92. The van der Waals surface area contributed by atoms with E-state index in [4.69, 9.17) is 9.15 Å². The summed E-state index contributed by atoms with van der Waals surface area (Å²) < 4.78 is 49.6. The van der Waals surface area contributed by atoms with Gasteiger partial charge in [-0.2, -0.15) is 13.2 Å². The molecule has 0 radical (unpaired) electrons. The SMILES string of the molecule is CCOC(=O)C1CCCN(C(=O)c2coc(CN(Cc3ccccc3)Cc3ccc(C(F)(F)F)cc3)n2)C1. The molecule has 2 aromatic carbocycles. The molecule has 7 nitrogen and oxygen atoms in total. The molecule has 1 aliphatic heterocycles. The Morgan fingerprint density at radius 3 is 2.39 bits per heavy atom. The van der Waals surface area contributed by atoms with E-state index in [-0.39, 0.29) is 36.6 Å². The molecule has 202 valence electrons. The van der Waals surface area contributed by atoms with Crippen molar-refractivity contribution in [3.05, 3.63) is 89.1 Å². The van der Waals surface area contributed by atoms with Gasteiger partial charge in [0.05, 0.1) is 24.6 Å². The second-order valence-corrected chi connectivity index (χ2v) is 9.29. The van der Waals surface area contributed by atoms with Crippen molar-refractivity contribution in [2.24, 2.45) is 5.92 Å². The summed E-state index contributed by atoms with van der Waals surface area (Å²) in [5, 5.41) is 0. The van der Waals surface area contributed by atoms with Gasteiger partial charge in [0.25, 0.3) is 5.91 Å². The number of ether oxygens (including phenoxy) is 1. The van der Waals surface area contributed by atoms with Crippen LogP contribution in [0.5, 0.6) is 0 Å². The molecule has 1 amide bonds. The average molecular weight is 530 g/mol. The van der Waals surface area contributed by atoms with Crippen molar-refractivity contribution in [2.75, 3.05) is 19.7 Å². The molecule has 3 aromatic rings. The number of nitrogens with zero attached hydrogens (tertiary/aromatic N) is 3. The summed E-state index contributed by atoms with van der Waals surface area (Å²) in [6.45, 7) is 3.93. The van der Waals surface area contributed by atoms with Crippen LogP contribution < -0.4 is 0 Å². The fourth-order valence-electron chi connectivity index (χ4n) is 4.52. The first-order chi connectivity index (χ1) is 18.2. The zero-order chi connectivity index (χ0) is 27.1. The topological polar surface area (TPSA) is 75.9 Å². The molecule has 1 saturated heterocycles. The third-order valence-corrected chi connectivity index (χ3v) is 6.39. The van der Waals surface area contributed by atoms with Crippen LogP contribution in [0.25, 0.3) is 0 Å². The lowest BCUT2D eigenvalue weighted by atomic mass is 9.98. The van der Waals surface area contributed by atoms with E-state index in [1.54, 1.807) is 11.8 Å². The van der Waals surface area contributed by atoms with Crippen molar-refractivity contribution in [1.82, 2.24) is 14.8 Å². The normalized spacial score (nSPS) is 16.0. The number of halogens is 3. The second kappa shape index (κ2) is 12.3. The number of benzene rings is 2. The van der Waals surface area contributed by atoms with Gasteiger partial charge >= 0.3 is 12.1 Å². The standard InChI is InChI=1S/C28H30F3N3O4/c1-2-37-27(36)22-9-6-14-34(17-22)26(35)24-19-38-25(32-24)18-33(15-20-7-4-3-5-8-20)16-21-10-12-23(13-11-21)28(29,30)31/h3-5,7-8,10-13,19,22H,2,6,9,14-18H2,1H3. The van der Waals surface area contributed by atoms with Crippen LogP contribution in [0.1, 0.15) is 52.8 Å². The Labute approximate surface area is 219 Å². The van der Waals surface area contributed by atoms with Crippen molar-refractivity contribution >= 4 is 11.9 Å². The van der Waals surface area contributed by atoms with Gasteiger partial charge < -0.3 is 14.1 Å². The molecule has 0 spiro atoms. The first kappa shape index (κ1) is 27.4. The van der Waals surface area contributed by atoms with Crippen LogP contribution in [0.4, 0.5) is 13.2 Å². The Morgan fingerprint density at radius 2 is 1.74 bits per heavy atom. The maximum atomic E-state index is 13.1. The van der Waals surface area contributed by atoms with Crippen molar-refractivity contribution in [3.63, 3.8) is 0 Å². The summed E-state index contributed by atoms with van der Waals surface area (Å²) in [5.41, 5.74) is 1.17. The van der Waals surface area contributed by atoms with Crippen molar-refractivity contribution < 1.29 is 31.9 Å². The van der Waals surface area contributed by atoms with Crippen molar-refractivity contribution in [1.29, 1.82) is 0 Å². The highest BCUT2D eigenvalue weighted by atomic mass is 19.4. The Balaban J connectivity index is 1.45. The molecule has 1 aromatic heterocycles. The fraction of sp³-hybridized carbons (Fsp3) is 0.393. The van der Waals surface area contributed by atoms with Crippen molar-refractivity contribution in [3.8, 4) is 0 Å². The molecule has 0 aliphatic carbocycles. The van der Waals surface area contributed by atoms with E-state index in [0.29, 0.717) is 50.5 Å². The number of oxazole rings is 1. The number of carbonyl (C=O) groups excluding carboxylic acids is 2. The van der Waals surface area contributed by atoms with Gasteiger partial charge in [-0.05, 0) is 43.0 Å². The number of piperidine rings is 1. The predicted octanol–water partition coefficient (Wildman–Crippen LogP) is 5.31. The monoisotopic (exact) mass is 529 g/mol. The average Bonchev–Trinajstić information content (AvgIpc) is 3.37. The van der Waals surface area contributed by atoms with Gasteiger partial charge in [-0.1, -0.05) is 42.5 Å². The van der Waals surface area contributed by atoms with Crippen LogP contribution in [0, 0.1) is 5.92 Å². The summed E-state index contributed by atoms with van der Waals surface area (Å²) >= 11 is 0. The predicted molar refractivity (Wildman–Crippen MR) is 133 cm³/mol. The van der Waals surface area contributed by atoms with Gasteiger partial charge in [0.2, 0.25) is 5.89 Å². The third-order valence-electron chi connectivity index (χ3n) is 6.39. The number of alkyl halides is 3. The van der Waals surface area contributed by atoms with Crippen LogP contribution in [0.3, 0.4) is 0 Å². The minimum absolute atomic E-state index is 0.152. The van der Waals surface area contributed by atoms with E-state index in [1.807, 2.05) is 35.2 Å². The van der Waals surface area contributed by atoms with Crippen LogP contribution in [0.15, 0.2) is 65.3 Å². The zero-order valence-corrected chi connectivity index (χ0v) is 21.1.